The van der Waals surface area contributed by atoms with Crippen molar-refractivity contribution in [1.29, 1.82) is 0 Å². The molecule has 2 nitrogen and oxygen atoms in total. The van der Waals surface area contributed by atoms with Crippen molar-refractivity contribution in [2.45, 2.75) is 6.42 Å². The lowest BCUT2D eigenvalue weighted by Gasteiger charge is -2.05. The Morgan fingerprint density at radius 3 is 3.30 bits per heavy atom. The maximum absolute atomic E-state index is 4.26. The molecule has 0 amide bonds. The van der Waals surface area contributed by atoms with E-state index in [0.717, 1.165) is 18.8 Å². The van der Waals surface area contributed by atoms with E-state index in [9.17, 15) is 0 Å². The molecule has 3 heteroatoms. The summed E-state index contributed by atoms with van der Waals surface area (Å²) >= 11 is 2.29. The third-order valence-corrected chi connectivity index (χ3v) is 2.61. The molecule has 52 valence electrons. The molecule has 1 aromatic heterocycles. The molecule has 0 spiro atoms. The van der Waals surface area contributed by atoms with Gasteiger partial charge in [-0.05, 0) is 18.1 Å². The van der Waals surface area contributed by atoms with Gasteiger partial charge in [-0.2, -0.15) is 0 Å². The standard InChI is InChI=1S/C7H7IN2/c8-10-5-3-6-2-1-4-9-7(6)10/h1-2,4H,3,5H2. The summed E-state index contributed by atoms with van der Waals surface area (Å²) in [5.41, 5.74) is 1.37. The lowest BCUT2D eigenvalue weighted by molar-refractivity contribution is 1.07. The Labute approximate surface area is 73.8 Å². The highest BCUT2D eigenvalue weighted by molar-refractivity contribution is 14.1. The average Bonchev–Trinajstić information content (AvgIpc) is 2.34. The van der Waals surface area contributed by atoms with Crippen LogP contribution in [0, 0.1) is 0 Å². The predicted molar refractivity (Wildman–Crippen MR) is 49.3 cm³/mol. The number of pyridine rings is 1. The van der Waals surface area contributed by atoms with E-state index in [0.29, 0.717) is 0 Å². The summed E-state index contributed by atoms with van der Waals surface area (Å²) < 4.78 is 2.16. The van der Waals surface area contributed by atoms with Gasteiger partial charge in [-0.3, -0.25) is 3.11 Å². The molecule has 0 unspecified atom stereocenters. The smallest absolute Gasteiger partial charge is 0.140 e. The van der Waals surface area contributed by atoms with Crippen LogP contribution in [0.3, 0.4) is 0 Å². The summed E-state index contributed by atoms with van der Waals surface area (Å²) in [5.74, 6) is 1.14. The van der Waals surface area contributed by atoms with Crippen molar-refractivity contribution >= 4 is 28.7 Å². The van der Waals surface area contributed by atoms with Gasteiger partial charge in [0.25, 0.3) is 0 Å². The van der Waals surface area contributed by atoms with Crippen molar-refractivity contribution in [3.8, 4) is 0 Å². The summed E-state index contributed by atoms with van der Waals surface area (Å²) in [6.45, 7) is 1.10. The normalized spacial score (nSPS) is 15.5. The molecule has 1 aromatic rings. The fourth-order valence-corrected chi connectivity index (χ4v) is 1.84. The molecule has 0 saturated carbocycles. The number of aromatic nitrogens is 1. The fourth-order valence-electron chi connectivity index (χ4n) is 1.17. The number of hydrogen-bond acceptors (Lipinski definition) is 2. The minimum absolute atomic E-state index is 1.10. The van der Waals surface area contributed by atoms with Crippen LogP contribution < -0.4 is 3.11 Å². The van der Waals surface area contributed by atoms with Gasteiger partial charge in [0.05, 0.1) is 22.9 Å². The number of nitrogens with zero attached hydrogens (tertiary/aromatic N) is 2. The maximum Gasteiger partial charge on any atom is 0.140 e. The molecule has 2 heterocycles. The Morgan fingerprint density at radius 2 is 2.50 bits per heavy atom. The van der Waals surface area contributed by atoms with Gasteiger partial charge in [-0.1, -0.05) is 6.07 Å². The largest absolute Gasteiger partial charge is 0.299 e. The molecule has 0 aromatic carbocycles. The molecule has 1 aliphatic heterocycles. The van der Waals surface area contributed by atoms with E-state index in [1.807, 2.05) is 12.3 Å². The summed E-state index contributed by atoms with van der Waals surface area (Å²) in [6.07, 6.45) is 2.99. The van der Waals surface area contributed by atoms with Crippen LogP contribution >= 0.6 is 22.9 Å². The van der Waals surface area contributed by atoms with E-state index in [2.05, 4.69) is 37.0 Å². The summed E-state index contributed by atoms with van der Waals surface area (Å²) in [7, 11) is 0. The molecule has 0 fully saturated rings. The Morgan fingerprint density at radius 1 is 1.60 bits per heavy atom. The van der Waals surface area contributed by atoms with E-state index in [4.69, 9.17) is 0 Å². The van der Waals surface area contributed by atoms with E-state index in [-0.39, 0.29) is 0 Å². The minimum atomic E-state index is 1.10. The lowest BCUT2D eigenvalue weighted by Crippen LogP contribution is -2.04. The molecule has 0 atom stereocenters. The second kappa shape index (κ2) is 2.38. The molecular formula is C7H7IN2. The number of fused-ring (bicyclic) bond motifs is 1. The average molecular weight is 246 g/mol. The van der Waals surface area contributed by atoms with E-state index >= 15 is 0 Å². The number of anilines is 1. The maximum atomic E-state index is 4.26. The van der Waals surface area contributed by atoms with Crippen LogP contribution in [0.5, 0.6) is 0 Å². The van der Waals surface area contributed by atoms with Gasteiger partial charge in [0.15, 0.2) is 0 Å². The van der Waals surface area contributed by atoms with Crippen LogP contribution in [-0.4, -0.2) is 11.5 Å². The highest BCUT2D eigenvalue weighted by Crippen LogP contribution is 2.27. The van der Waals surface area contributed by atoms with Gasteiger partial charge in [-0.25, -0.2) is 4.98 Å². The third kappa shape index (κ3) is 0.885. The van der Waals surface area contributed by atoms with Crippen LogP contribution in [0.15, 0.2) is 18.3 Å². The van der Waals surface area contributed by atoms with Crippen molar-refractivity contribution in [2.75, 3.05) is 9.66 Å². The molecule has 0 radical (unpaired) electrons. The van der Waals surface area contributed by atoms with E-state index in [1.165, 1.54) is 5.56 Å². The van der Waals surface area contributed by atoms with Crippen molar-refractivity contribution in [2.24, 2.45) is 0 Å². The highest BCUT2D eigenvalue weighted by atomic mass is 127. The molecule has 2 rings (SSSR count). The summed E-state index contributed by atoms with van der Waals surface area (Å²) in [4.78, 5) is 4.26. The quantitative estimate of drug-likeness (QED) is 0.512. The zero-order chi connectivity index (χ0) is 6.97. The third-order valence-electron chi connectivity index (χ3n) is 1.67. The number of hydrogen-bond donors (Lipinski definition) is 0. The first-order valence-corrected chi connectivity index (χ1v) is 4.21. The van der Waals surface area contributed by atoms with Crippen LogP contribution in [0.1, 0.15) is 5.56 Å². The molecule has 0 aliphatic carbocycles. The zero-order valence-electron chi connectivity index (χ0n) is 5.42. The van der Waals surface area contributed by atoms with Gasteiger partial charge < -0.3 is 0 Å². The SMILES string of the molecule is IN1CCc2cccnc21. The van der Waals surface area contributed by atoms with Crippen molar-refractivity contribution in [1.82, 2.24) is 4.98 Å². The van der Waals surface area contributed by atoms with Gasteiger partial charge in [0.1, 0.15) is 5.82 Å². The first-order valence-electron chi connectivity index (χ1n) is 3.25. The molecule has 0 bridgehead atoms. The number of halogens is 1. The topological polar surface area (TPSA) is 16.1 Å². The highest BCUT2D eigenvalue weighted by Gasteiger charge is 2.16. The second-order valence-electron chi connectivity index (χ2n) is 2.32. The lowest BCUT2D eigenvalue weighted by atomic mass is 10.2. The van der Waals surface area contributed by atoms with Crippen LogP contribution in [-0.2, 0) is 6.42 Å². The Balaban J connectivity index is 2.51. The van der Waals surface area contributed by atoms with E-state index in [1.54, 1.807) is 0 Å². The molecule has 0 N–H and O–H groups in total. The Hall–Kier alpha value is -0.320. The fraction of sp³-hybridized carbons (Fsp3) is 0.286. The number of rotatable bonds is 0. The second-order valence-corrected chi connectivity index (χ2v) is 3.49. The van der Waals surface area contributed by atoms with Gasteiger partial charge in [0.2, 0.25) is 0 Å². The van der Waals surface area contributed by atoms with Crippen LogP contribution in [0.2, 0.25) is 0 Å². The Kier molecular flexibility index (Phi) is 1.52. The summed E-state index contributed by atoms with van der Waals surface area (Å²) in [5, 5.41) is 0. The van der Waals surface area contributed by atoms with Crippen LogP contribution in [0.4, 0.5) is 5.82 Å². The van der Waals surface area contributed by atoms with Crippen molar-refractivity contribution in [3.63, 3.8) is 0 Å². The monoisotopic (exact) mass is 246 g/mol. The molecular weight excluding hydrogens is 239 g/mol. The van der Waals surface area contributed by atoms with Crippen molar-refractivity contribution in [3.05, 3.63) is 23.9 Å². The first-order chi connectivity index (χ1) is 4.88. The molecule has 1 aliphatic rings. The molecule has 10 heavy (non-hydrogen) atoms. The van der Waals surface area contributed by atoms with Gasteiger partial charge in [0, 0.05) is 12.7 Å². The minimum Gasteiger partial charge on any atom is -0.299 e. The van der Waals surface area contributed by atoms with Gasteiger partial charge in [-0.15, -0.1) is 0 Å². The Bertz CT molecular complexity index is 249. The first kappa shape index (κ1) is 6.39. The van der Waals surface area contributed by atoms with Gasteiger partial charge >= 0.3 is 0 Å². The summed E-state index contributed by atoms with van der Waals surface area (Å²) in [6, 6.07) is 4.13. The predicted octanol–water partition coefficient (Wildman–Crippen LogP) is 1.79. The van der Waals surface area contributed by atoms with Crippen molar-refractivity contribution < 1.29 is 0 Å². The zero-order valence-corrected chi connectivity index (χ0v) is 7.58. The molecule has 0 saturated heterocycles. The van der Waals surface area contributed by atoms with Crippen LogP contribution in [0.25, 0.3) is 0 Å². The van der Waals surface area contributed by atoms with E-state index < -0.39 is 0 Å².